The first-order chi connectivity index (χ1) is 9.29. The van der Waals surface area contributed by atoms with Crippen molar-refractivity contribution in [1.29, 1.82) is 0 Å². The Kier molecular flexibility index (Phi) is 4.00. The largest absolute Gasteiger partial charge is 0.476 e. The van der Waals surface area contributed by atoms with Gasteiger partial charge in [-0.1, -0.05) is 13.3 Å². The highest BCUT2D eigenvalue weighted by molar-refractivity contribution is 6.99. The van der Waals surface area contributed by atoms with Gasteiger partial charge in [0, 0.05) is 13.1 Å². The number of aliphatic hydroxyl groups is 1. The molecule has 5 nitrogen and oxygen atoms in total. The Morgan fingerprint density at radius 3 is 3.11 bits per heavy atom. The normalized spacial score (nSPS) is 33.6. The first-order valence-corrected chi connectivity index (χ1v) is 7.90. The standard InChI is InChI=1S/C13H21N3O2S/c1-2-3-6-18-13-12(14-19-15-13)10-5-4-9-7-16(10)8-11(9)17/h9-11,17H,2-8H2,1H3. The summed E-state index contributed by atoms with van der Waals surface area (Å²) >= 11 is 1.23. The highest BCUT2D eigenvalue weighted by Crippen LogP contribution is 2.41. The molecule has 4 unspecified atom stereocenters. The van der Waals surface area contributed by atoms with Crippen LogP contribution >= 0.6 is 11.7 Å². The second-order valence-corrected chi connectivity index (χ2v) is 6.06. The Labute approximate surface area is 117 Å². The van der Waals surface area contributed by atoms with Gasteiger partial charge >= 0.3 is 0 Å². The minimum atomic E-state index is -0.166. The quantitative estimate of drug-likeness (QED) is 0.836. The number of aliphatic hydroxyl groups excluding tert-OH is 1. The van der Waals surface area contributed by atoms with Crippen LogP contribution in [0.1, 0.15) is 44.3 Å². The topological polar surface area (TPSA) is 58.5 Å². The summed E-state index contributed by atoms with van der Waals surface area (Å²) in [7, 11) is 0. The summed E-state index contributed by atoms with van der Waals surface area (Å²) in [6, 6.07) is 0.281. The molecule has 0 radical (unpaired) electrons. The second kappa shape index (κ2) is 5.73. The molecule has 1 aromatic rings. The minimum absolute atomic E-state index is 0.166. The number of rotatable bonds is 5. The Balaban J connectivity index is 1.70. The van der Waals surface area contributed by atoms with E-state index >= 15 is 0 Å². The summed E-state index contributed by atoms with van der Waals surface area (Å²) < 4.78 is 14.5. The molecule has 3 heterocycles. The van der Waals surface area contributed by atoms with E-state index < -0.39 is 0 Å². The summed E-state index contributed by atoms with van der Waals surface area (Å²) in [4.78, 5) is 2.34. The maximum Gasteiger partial charge on any atom is 0.250 e. The molecule has 1 aromatic heterocycles. The molecule has 0 spiro atoms. The van der Waals surface area contributed by atoms with Crippen LogP contribution in [0, 0.1) is 5.92 Å². The van der Waals surface area contributed by atoms with Crippen molar-refractivity contribution in [3.63, 3.8) is 0 Å². The molecule has 3 rings (SSSR count). The number of ether oxygens (including phenoxy) is 1. The van der Waals surface area contributed by atoms with E-state index in [9.17, 15) is 5.11 Å². The second-order valence-electron chi connectivity index (χ2n) is 5.53. The number of hydrogen-bond acceptors (Lipinski definition) is 6. The summed E-state index contributed by atoms with van der Waals surface area (Å²) in [6.45, 7) is 4.61. The molecule has 2 bridgehead atoms. The third-order valence-electron chi connectivity index (χ3n) is 4.22. The molecular formula is C13H21N3O2S. The summed E-state index contributed by atoms with van der Waals surface area (Å²) in [5, 5.41) is 9.95. The zero-order valence-corrected chi connectivity index (χ0v) is 12.1. The molecule has 0 saturated carbocycles. The number of hydrogen-bond donors (Lipinski definition) is 1. The van der Waals surface area contributed by atoms with Gasteiger partial charge in [-0.25, -0.2) is 0 Å². The molecule has 0 aromatic carbocycles. The fraction of sp³-hybridized carbons (Fsp3) is 0.846. The van der Waals surface area contributed by atoms with Crippen LogP contribution in [0.15, 0.2) is 0 Å². The van der Waals surface area contributed by atoms with E-state index in [2.05, 4.69) is 20.6 Å². The summed E-state index contributed by atoms with van der Waals surface area (Å²) in [5.41, 5.74) is 0.980. The summed E-state index contributed by atoms with van der Waals surface area (Å²) in [5.74, 6) is 1.16. The highest BCUT2D eigenvalue weighted by Gasteiger charge is 2.41. The van der Waals surface area contributed by atoms with E-state index in [1.165, 1.54) is 11.7 Å². The lowest BCUT2D eigenvalue weighted by Gasteiger charge is -2.30. The van der Waals surface area contributed by atoms with E-state index in [-0.39, 0.29) is 12.1 Å². The van der Waals surface area contributed by atoms with Gasteiger partial charge in [0.05, 0.1) is 30.5 Å². The van der Waals surface area contributed by atoms with Gasteiger partial charge in [0.15, 0.2) is 0 Å². The number of piperidine rings is 1. The van der Waals surface area contributed by atoms with Gasteiger partial charge in [0.2, 0.25) is 0 Å². The fourth-order valence-corrected chi connectivity index (χ4v) is 3.64. The first-order valence-electron chi connectivity index (χ1n) is 7.17. The van der Waals surface area contributed by atoms with Crippen molar-refractivity contribution in [2.75, 3.05) is 19.7 Å². The van der Waals surface area contributed by atoms with Crippen LogP contribution in [0.2, 0.25) is 0 Å². The maximum absolute atomic E-state index is 9.95. The van der Waals surface area contributed by atoms with E-state index in [1.807, 2.05) is 0 Å². The van der Waals surface area contributed by atoms with Gasteiger partial charge in [0.25, 0.3) is 5.88 Å². The lowest BCUT2D eigenvalue weighted by atomic mass is 9.93. The molecule has 6 heteroatoms. The SMILES string of the molecule is CCCCOc1nsnc1C1CCC2CN1CC2O. The molecule has 2 aliphatic rings. The fourth-order valence-electron chi connectivity index (χ4n) is 3.09. The Morgan fingerprint density at radius 1 is 1.37 bits per heavy atom. The van der Waals surface area contributed by atoms with Gasteiger partial charge in [-0.2, -0.15) is 4.37 Å². The Hall–Kier alpha value is -0.720. The van der Waals surface area contributed by atoms with Crippen LogP contribution in [0.3, 0.4) is 0 Å². The van der Waals surface area contributed by atoms with Gasteiger partial charge in [-0.15, -0.1) is 4.37 Å². The van der Waals surface area contributed by atoms with E-state index in [0.717, 1.165) is 44.5 Å². The van der Waals surface area contributed by atoms with Crippen molar-refractivity contribution < 1.29 is 9.84 Å². The molecule has 2 aliphatic heterocycles. The molecule has 0 aliphatic carbocycles. The molecule has 4 atom stereocenters. The van der Waals surface area contributed by atoms with Crippen LogP contribution in [0.5, 0.6) is 5.88 Å². The van der Waals surface area contributed by atoms with Crippen molar-refractivity contribution in [2.45, 2.75) is 44.8 Å². The average Bonchev–Trinajstić information content (AvgIpc) is 2.97. The number of nitrogens with zero attached hydrogens (tertiary/aromatic N) is 3. The lowest BCUT2D eigenvalue weighted by Crippen LogP contribution is -2.31. The zero-order valence-electron chi connectivity index (χ0n) is 11.3. The summed E-state index contributed by atoms with van der Waals surface area (Å²) in [6.07, 6.45) is 4.13. The zero-order chi connectivity index (χ0) is 13.2. The van der Waals surface area contributed by atoms with E-state index in [1.54, 1.807) is 0 Å². The minimum Gasteiger partial charge on any atom is -0.476 e. The Bertz CT molecular complexity index is 424. The molecule has 2 fully saturated rings. The molecule has 19 heavy (non-hydrogen) atoms. The van der Waals surface area contributed by atoms with Crippen LogP contribution in [-0.4, -0.2) is 44.6 Å². The van der Waals surface area contributed by atoms with Crippen LogP contribution in [-0.2, 0) is 0 Å². The van der Waals surface area contributed by atoms with Gasteiger partial charge in [-0.05, 0) is 25.2 Å². The third kappa shape index (κ3) is 2.61. The van der Waals surface area contributed by atoms with Crippen LogP contribution in [0.25, 0.3) is 0 Å². The van der Waals surface area contributed by atoms with E-state index in [4.69, 9.17) is 4.74 Å². The smallest absolute Gasteiger partial charge is 0.250 e. The van der Waals surface area contributed by atoms with Crippen molar-refractivity contribution in [3.05, 3.63) is 5.69 Å². The molecule has 106 valence electrons. The molecule has 0 amide bonds. The molecular weight excluding hydrogens is 262 g/mol. The molecule has 1 N–H and O–H groups in total. The third-order valence-corrected chi connectivity index (χ3v) is 4.75. The Morgan fingerprint density at radius 2 is 2.26 bits per heavy atom. The highest BCUT2D eigenvalue weighted by atomic mass is 32.1. The van der Waals surface area contributed by atoms with Crippen LogP contribution in [0.4, 0.5) is 0 Å². The number of unbranched alkanes of at least 4 members (excludes halogenated alkanes) is 1. The van der Waals surface area contributed by atoms with Gasteiger partial charge < -0.3 is 9.84 Å². The average molecular weight is 283 g/mol. The number of aromatic nitrogens is 2. The van der Waals surface area contributed by atoms with E-state index in [0.29, 0.717) is 18.4 Å². The van der Waals surface area contributed by atoms with Crippen molar-refractivity contribution in [2.24, 2.45) is 5.92 Å². The van der Waals surface area contributed by atoms with Crippen molar-refractivity contribution in [1.82, 2.24) is 13.6 Å². The van der Waals surface area contributed by atoms with Gasteiger partial charge in [-0.3, -0.25) is 4.90 Å². The van der Waals surface area contributed by atoms with Crippen molar-refractivity contribution in [3.8, 4) is 5.88 Å². The number of fused-ring (bicyclic) bond motifs is 2. The van der Waals surface area contributed by atoms with Crippen LogP contribution < -0.4 is 4.74 Å². The maximum atomic E-state index is 9.95. The predicted octanol–water partition coefficient (Wildman–Crippen LogP) is 1.84. The predicted molar refractivity (Wildman–Crippen MR) is 73.4 cm³/mol. The van der Waals surface area contributed by atoms with Gasteiger partial charge in [0.1, 0.15) is 5.69 Å². The molecule has 2 saturated heterocycles. The van der Waals surface area contributed by atoms with Crippen molar-refractivity contribution >= 4 is 11.7 Å². The monoisotopic (exact) mass is 283 g/mol. The lowest BCUT2D eigenvalue weighted by molar-refractivity contribution is 0.144. The first kappa shape index (κ1) is 13.3.